The molecule has 37 heavy (non-hydrogen) atoms. The summed E-state index contributed by atoms with van der Waals surface area (Å²) in [7, 11) is 3.86. The lowest BCUT2D eigenvalue weighted by molar-refractivity contribution is -0.137. The van der Waals surface area contributed by atoms with Crippen molar-refractivity contribution in [1.82, 2.24) is 34.4 Å². The zero-order chi connectivity index (χ0) is 26.6. The summed E-state index contributed by atoms with van der Waals surface area (Å²) in [6.45, 7) is 5.90. The van der Waals surface area contributed by atoms with Crippen LogP contribution in [0.25, 0.3) is 0 Å². The molecule has 0 saturated carbocycles. The normalized spacial score (nSPS) is 18.3. The molecule has 204 valence electrons. The number of amides is 2. The molecule has 2 aromatic rings. The Morgan fingerprint density at radius 3 is 2.57 bits per heavy atom. The number of halogens is 3. The smallest absolute Gasteiger partial charge is 0.369 e. The van der Waals surface area contributed by atoms with Gasteiger partial charge in [0.1, 0.15) is 11.4 Å². The van der Waals surface area contributed by atoms with Gasteiger partial charge in [-0.1, -0.05) is 0 Å². The molecule has 0 aliphatic carbocycles. The van der Waals surface area contributed by atoms with Gasteiger partial charge in [0, 0.05) is 45.6 Å². The Kier molecular flexibility index (Phi) is 8.40. The third-order valence-electron chi connectivity index (χ3n) is 6.99. The summed E-state index contributed by atoms with van der Waals surface area (Å²) in [5, 5.41) is 10.5. The number of rotatable bonds is 8. The summed E-state index contributed by atoms with van der Waals surface area (Å²) >= 11 is 0. The SMILES string of the molecule is Cc1nn(C2CCN(C)CC2)cc1Nc1ncc(C(F)(F)F)c(NCCCN2CCCCN(C)C2=O)n1. The molecule has 0 bridgehead atoms. The molecule has 0 aromatic carbocycles. The Balaban J connectivity index is 1.41. The molecular formula is C24H36F3N9O. The topological polar surface area (TPSA) is 94.5 Å². The number of likely N-dealkylation sites (tertiary alicyclic amines) is 1. The first-order valence-corrected chi connectivity index (χ1v) is 12.8. The largest absolute Gasteiger partial charge is 0.421 e. The summed E-state index contributed by atoms with van der Waals surface area (Å²) in [6, 6.07) is 0.241. The number of hydrogen-bond donors (Lipinski definition) is 2. The van der Waals surface area contributed by atoms with Crippen LogP contribution in [-0.2, 0) is 6.18 Å². The van der Waals surface area contributed by atoms with E-state index in [-0.39, 0.29) is 30.4 Å². The first-order chi connectivity index (χ1) is 17.6. The zero-order valence-electron chi connectivity index (χ0n) is 21.7. The van der Waals surface area contributed by atoms with Crippen LogP contribution in [0.2, 0.25) is 0 Å². The van der Waals surface area contributed by atoms with Gasteiger partial charge in [-0.3, -0.25) is 4.68 Å². The second kappa shape index (κ2) is 11.5. The Morgan fingerprint density at radius 1 is 1.11 bits per heavy atom. The van der Waals surface area contributed by atoms with Gasteiger partial charge in [-0.05, 0) is 59.2 Å². The number of hydrogen-bond acceptors (Lipinski definition) is 7. The summed E-state index contributed by atoms with van der Waals surface area (Å²) in [5.74, 6) is -0.226. The van der Waals surface area contributed by atoms with Crippen LogP contribution in [0.3, 0.4) is 0 Å². The minimum absolute atomic E-state index is 0.0434. The molecule has 2 aliphatic rings. The monoisotopic (exact) mass is 523 g/mol. The molecule has 2 saturated heterocycles. The lowest BCUT2D eigenvalue weighted by atomic mass is 10.1. The summed E-state index contributed by atoms with van der Waals surface area (Å²) in [6.07, 6.45) is 2.39. The first-order valence-electron chi connectivity index (χ1n) is 12.8. The van der Waals surface area contributed by atoms with Crippen LogP contribution in [0.15, 0.2) is 12.4 Å². The van der Waals surface area contributed by atoms with Gasteiger partial charge in [0.2, 0.25) is 5.95 Å². The number of aromatic nitrogens is 4. The van der Waals surface area contributed by atoms with Gasteiger partial charge >= 0.3 is 12.2 Å². The number of piperidine rings is 1. The fraction of sp³-hybridized carbons (Fsp3) is 0.667. The molecule has 13 heteroatoms. The lowest BCUT2D eigenvalue weighted by Gasteiger charge is -2.28. The molecule has 0 atom stereocenters. The van der Waals surface area contributed by atoms with E-state index >= 15 is 0 Å². The van der Waals surface area contributed by atoms with E-state index in [1.807, 2.05) is 17.8 Å². The van der Waals surface area contributed by atoms with Crippen molar-refractivity contribution in [2.24, 2.45) is 0 Å². The van der Waals surface area contributed by atoms with E-state index in [1.54, 1.807) is 16.8 Å². The van der Waals surface area contributed by atoms with E-state index in [0.29, 0.717) is 25.2 Å². The van der Waals surface area contributed by atoms with Crippen molar-refractivity contribution in [3.8, 4) is 0 Å². The van der Waals surface area contributed by atoms with Gasteiger partial charge in [0.15, 0.2) is 0 Å². The van der Waals surface area contributed by atoms with Crippen LogP contribution in [0.1, 0.15) is 49.4 Å². The minimum atomic E-state index is -4.60. The van der Waals surface area contributed by atoms with Crippen LogP contribution < -0.4 is 10.6 Å². The molecule has 0 unspecified atom stereocenters. The third kappa shape index (κ3) is 6.82. The van der Waals surface area contributed by atoms with Gasteiger partial charge in [0.05, 0.1) is 17.4 Å². The Bertz CT molecular complexity index is 1070. The van der Waals surface area contributed by atoms with Crippen molar-refractivity contribution in [3.05, 3.63) is 23.7 Å². The molecule has 2 aliphatic heterocycles. The fourth-order valence-corrected chi connectivity index (χ4v) is 4.72. The van der Waals surface area contributed by atoms with Gasteiger partial charge in [0.25, 0.3) is 0 Å². The average molecular weight is 524 g/mol. The Hall–Kier alpha value is -3.09. The van der Waals surface area contributed by atoms with E-state index in [2.05, 4.69) is 37.6 Å². The van der Waals surface area contributed by atoms with Gasteiger partial charge < -0.3 is 25.3 Å². The quantitative estimate of drug-likeness (QED) is 0.506. The van der Waals surface area contributed by atoms with Crippen LogP contribution in [-0.4, -0.2) is 93.8 Å². The summed E-state index contributed by atoms with van der Waals surface area (Å²) < 4.78 is 42.8. The van der Waals surface area contributed by atoms with E-state index in [1.165, 1.54) is 0 Å². The maximum atomic E-state index is 13.6. The third-order valence-corrected chi connectivity index (χ3v) is 6.99. The standard InChI is InChI=1S/C24H36F3N9O/c1-17-20(16-36(32-17)18-7-13-33(2)14-8-18)30-22-29-15-19(24(25,26)27)21(31-22)28-9-6-12-35-11-5-4-10-34(3)23(35)37/h15-16,18H,4-14H2,1-3H3,(H2,28,29,30,31). The Morgan fingerprint density at radius 2 is 1.84 bits per heavy atom. The number of nitrogens with one attached hydrogen (secondary N) is 2. The molecule has 4 heterocycles. The highest BCUT2D eigenvalue weighted by Gasteiger charge is 2.35. The highest BCUT2D eigenvalue weighted by Crippen LogP contribution is 2.34. The number of anilines is 3. The average Bonchev–Trinajstić information content (AvgIpc) is 3.13. The van der Waals surface area contributed by atoms with Crippen molar-refractivity contribution in [3.63, 3.8) is 0 Å². The second-order valence-corrected chi connectivity index (χ2v) is 9.90. The van der Waals surface area contributed by atoms with Gasteiger partial charge in [-0.2, -0.15) is 23.3 Å². The molecular weight excluding hydrogens is 487 g/mol. The number of carbonyl (C=O) groups is 1. The van der Waals surface area contributed by atoms with Crippen molar-refractivity contribution >= 4 is 23.5 Å². The second-order valence-electron chi connectivity index (χ2n) is 9.90. The van der Waals surface area contributed by atoms with Crippen LogP contribution in [0.4, 0.5) is 35.4 Å². The Labute approximate surface area is 215 Å². The number of aryl methyl sites for hydroxylation is 1. The predicted molar refractivity (Wildman–Crippen MR) is 135 cm³/mol. The molecule has 0 radical (unpaired) electrons. The van der Waals surface area contributed by atoms with Crippen molar-refractivity contribution in [2.75, 3.05) is 64.0 Å². The van der Waals surface area contributed by atoms with Crippen LogP contribution in [0.5, 0.6) is 0 Å². The molecule has 0 spiro atoms. The highest BCUT2D eigenvalue weighted by molar-refractivity contribution is 5.74. The molecule has 4 rings (SSSR count). The minimum Gasteiger partial charge on any atom is -0.369 e. The van der Waals surface area contributed by atoms with Crippen LogP contribution in [0, 0.1) is 6.92 Å². The number of urea groups is 1. The fourth-order valence-electron chi connectivity index (χ4n) is 4.72. The van der Waals surface area contributed by atoms with E-state index in [0.717, 1.165) is 57.2 Å². The predicted octanol–water partition coefficient (Wildman–Crippen LogP) is 3.96. The number of nitrogens with zero attached hydrogens (tertiary/aromatic N) is 7. The lowest BCUT2D eigenvalue weighted by Crippen LogP contribution is -2.40. The number of alkyl halides is 3. The highest BCUT2D eigenvalue weighted by atomic mass is 19.4. The maximum Gasteiger partial charge on any atom is 0.421 e. The zero-order valence-corrected chi connectivity index (χ0v) is 21.7. The van der Waals surface area contributed by atoms with E-state index in [4.69, 9.17) is 0 Å². The van der Waals surface area contributed by atoms with E-state index < -0.39 is 11.7 Å². The van der Waals surface area contributed by atoms with Gasteiger partial charge in [-0.15, -0.1) is 0 Å². The van der Waals surface area contributed by atoms with Crippen LogP contribution >= 0.6 is 0 Å². The first kappa shape index (κ1) is 27.0. The van der Waals surface area contributed by atoms with Crippen molar-refractivity contribution < 1.29 is 18.0 Å². The molecule has 2 aromatic heterocycles. The molecule has 2 amide bonds. The van der Waals surface area contributed by atoms with Gasteiger partial charge in [-0.25, -0.2) is 9.78 Å². The van der Waals surface area contributed by atoms with E-state index in [9.17, 15) is 18.0 Å². The summed E-state index contributed by atoms with van der Waals surface area (Å²) in [4.78, 5) is 26.2. The molecule has 10 nitrogen and oxygen atoms in total. The van der Waals surface area contributed by atoms with Crippen molar-refractivity contribution in [2.45, 2.75) is 51.2 Å². The summed E-state index contributed by atoms with van der Waals surface area (Å²) in [5.41, 5.74) is 0.458. The molecule has 2 N–H and O–H groups in total. The maximum absolute atomic E-state index is 13.6. The number of carbonyl (C=O) groups excluding carboxylic acids is 1. The molecule has 2 fully saturated rings. The van der Waals surface area contributed by atoms with Crippen molar-refractivity contribution in [1.29, 1.82) is 0 Å².